The topological polar surface area (TPSA) is 88.1 Å². The molecule has 1 saturated carbocycles. The van der Waals surface area contributed by atoms with Gasteiger partial charge in [0.05, 0.1) is 12.5 Å². The molecule has 2 unspecified atom stereocenters. The monoisotopic (exact) mass is 340 g/mol. The van der Waals surface area contributed by atoms with Gasteiger partial charge in [-0.1, -0.05) is 12.8 Å². The molecule has 1 spiro atoms. The maximum absolute atomic E-state index is 12.3. The summed E-state index contributed by atoms with van der Waals surface area (Å²) in [5.41, 5.74) is 0. The summed E-state index contributed by atoms with van der Waals surface area (Å²) in [4.78, 5) is 25.0. The van der Waals surface area contributed by atoms with Gasteiger partial charge >= 0.3 is 12.0 Å². The molecule has 0 bridgehead atoms. The molecule has 2 amide bonds. The van der Waals surface area contributed by atoms with E-state index in [0.29, 0.717) is 26.1 Å². The van der Waals surface area contributed by atoms with Crippen molar-refractivity contribution in [2.75, 3.05) is 26.2 Å². The van der Waals surface area contributed by atoms with Crippen molar-refractivity contribution in [3.8, 4) is 0 Å². The van der Waals surface area contributed by atoms with Gasteiger partial charge in [0.15, 0.2) is 5.79 Å². The Morgan fingerprint density at radius 1 is 1.17 bits per heavy atom. The Kier molecular flexibility index (Phi) is 5.61. The van der Waals surface area contributed by atoms with E-state index in [1.165, 1.54) is 12.8 Å². The Morgan fingerprint density at radius 2 is 1.92 bits per heavy atom. The molecule has 0 aromatic heterocycles. The fourth-order valence-electron chi connectivity index (χ4n) is 3.92. The number of hydrogen-bond donors (Lipinski definition) is 2. The molecule has 2 heterocycles. The SMILES string of the molecule is O=C(O)C1CCCN(C(=O)NCC2COC3(CCCCCC3)O2)C1. The highest BCUT2D eigenvalue weighted by Crippen LogP contribution is 2.36. The Hall–Kier alpha value is -1.34. The van der Waals surface area contributed by atoms with E-state index in [0.717, 1.165) is 32.1 Å². The van der Waals surface area contributed by atoms with E-state index >= 15 is 0 Å². The number of ether oxygens (including phenoxy) is 2. The van der Waals surface area contributed by atoms with Crippen molar-refractivity contribution in [3.63, 3.8) is 0 Å². The highest BCUT2D eigenvalue weighted by atomic mass is 16.7. The molecule has 2 saturated heterocycles. The van der Waals surface area contributed by atoms with Crippen LogP contribution in [0.1, 0.15) is 51.4 Å². The van der Waals surface area contributed by atoms with Gasteiger partial charge in [0.25, 0.3) is 0 Å². The average Bonchev–Trinajstić information content (AvgIpc) is 2.84. The lowest BCUT2D eigenvalue weighted by atomic mass is 9.99. The van der Waals surface area contributed by atoms with Crippen molar-refractivity contribution < 1.29 is 24.2 Å². The molecule has 3 fully saturated rings. The summed E-state index contributed by atoms with van der Waals surface area (Å²) in [5.74, 6) is -1.72. The third-order valence-electron chi connectivity index (χ3n) is 5.32. The first kappa shape index (κ1) is 17.5. The van der Waals surface area contributed by atoms with Gasteiger partial charge < -0.3 is 24.8 Å². The number of rotatable bonds is 3. The summed E-state index contributed by atoms with van der Waals surface area (Å²) >= 11 is 0. The van der Waals surface area contributed by atoms with Crippen LogP contribution in [-0.4, -0.2) is 60.1 Å². The van der Waals surface area contributed by atoms with Crippen LogP contribution in [0, 0.1) is 5.92 Å². The third-order valence-corrected chi connectivity index (χ3v) is 5.32. The summed E-state index contributed by atoms with van der Waals surface area (Å²) in [6.45, 7) is 1.82. The minimum absolute atomic E-state index is 0.118. The molecule has 2 atom stereocenters. The zero-order valence-corrected chi connectivity index (χ0v) is 14.2. The van der Waals surface area contributed by atoms with Crippen molar-refractivity contribution in [1.82, 2.24) is 10.2 Å². The maximum atomic E-state index is 12.3. The first-order valence-corrected chi connectivity index (χ1v) is 9.15. The second-order valence-electron chi connectivity index (χ2n) is 7.19. The molecule has 24 heavy (non-hydrogen) atoms. The van der Waals surface area contributed by atoms with E-state index in [9.17, 15) is 9.59 Å². The molecule has 2 N–H and O–H groups in total. The smallest absolute Gasteiger partial charge is 0.317 e. The molecule has 7 heteroatoms. The summed E-state index contributed by atoms with van der Waals surface area (Å²) < 4.78 is 12.1. The zero-order valence-electron chi connectivity index (χ0n) is 14.2. The average molecular weight is 340 g/mol. The molecule has 3 rings (SSSR count). The summed E-state index contributed by atoms with van der Waals surface area (Å²) in [6, 6.07) is -0.202. The van der Waals surface area contributed by atoms with Crippen molar-refractivity contribution >= 4 is 12.0 Å². The minimum Gasteiger partial charge on any atom is -0.481 e. The van der Waals surface area contributed by atoms with Crippen LogP contribution in [0.25, 0.3) is 0 Å². The van der Waals surface area contributed by atoms with Gasteiger partial charge in [-0.05, 0) is 25.7 Å². The van der Waals surface area contributed by atoms with Crippen molar-refractivity contribution in [2.45, 2.75) is 63.3 Å². The largest absolute Gasteiger partial charge is 0.481 e. The van der Waals surface area contributed by atoms with Crippen LogP contribution in [0.3, 0.4) is 0 Å². The fourth-order valence-corrected chi connectivity index (χ4v) is 3.92. The molecule has 1 aliphatic carbocycles. The highest BCUT2D eigenvalue weighted by molar-refractivity contribution is 5.76. The molecular formula is C17H28N2O5. The third kappa shape index (κ3) is 4.19. The Bertz CT molecular complexity index is 462. The molecule has 0 radical (unpaired) electrons. The van der Waals surface area contributed by atoms with Crippen LogP contribution in [-0.2, 0) is 14.3 Å². The molecule has 136 valence electrons. The number of urea groups is 1. The molecular weight excluding hydrogens is 312 g/mol. The van der Waals surface area contributed by atoms with Gasteiger partial charge in [-0.3, -0.25) is 4.79 Å². The van der Waals surface area contributed by atoms with E-state index in [2.05, 4.69) is 5.32 Å². The lowest BCUT2D eigenvalue weighted by Crippen LogP contribution is -2.48. The van der Waals surface area contributed by atoms with Crippen LogP contribution < -0.4 is 5.32 Å². The number of carboxylic acid groups (broad SMARTS) is 1. The first-order valence-electron chi connectivity index (χ1n) is 9.15. The maximum Gasteiger partial charge on any atom is 0.317 e. The van der Waals surface area contributed by atoms with Crippen molar-refractivity contribution in [2.24, 2.45) is 5.92 Å². The van der Waals surface area contributed by atoms with Gasteiger partial charge in [0.2, 0.25) is 0 Å². The highest BCUT2D eigenvalue weighted by Gasteiger charge is 2.41. The quantitative estimate of drug-likeness (QED) is 0.820. The van der Waals surface area contributed by atoms with Crippen LogP contribution in [0.15, 0.2) is 0 Å². The summed E-state index contributed by atoms with van der Waals surface area (Å²) in [6.07, 6.45) is 7.84. The number of amides is 2. The van der Waals surface area contributed by atoms with Crippen molar-refractivity contribution in [3.05, 3.63) is 0 Å². The lowest BCUT2D eigenvalue weighted by molar-refractivity contribution is -0.175. The van der Waals surface area contributed by atoms with E-state index < -0.39 is 17.7 Å². The number of carbonyl (C=O) groups excluding carboxylic acids is 1. The Morgan fingerprint density at radius 3 is 2.62 bits per heavy atom. The Balaban J connectivity index is 1.44. The van der Waals surface area contributed by atoms with Gasteiger partial charge in [0, 0.05) is 32.5 Å². The van der Waals surface area contributed by atoms with E-state index in [1.54, 1.807) is 4.90 Å². The second kappa shape index (κ2) is 7.70. The number of nitrogens with zero attached hydrogens (tertiary/aromatic N) is 1. The molecule has 0 aromatic carbocycles. The van der Waals surface area contributed by atoms with Crippen molar-refractivity contribution in [1.29, 1.82) is 0 Å². The van der Waals surface area contributed by atoms with E-state index in [-0.39, 0.29) is 18.7 Å². The lowest BCUT2D eigenvalue weighted by Gasteiger charge is -2.31. The molecule has 3 aliphatic rings. The molecule has 0 aromatic rings. The number of carbonyl (C=O) groups is 2. The predicted molar refractivity (Wildman–Crippen MR) is 86.6 cm³/mol. The summed E-state index contributed by atoms with van der Waals surface area (Å²) in [7, 11) is 0. The fraction of sp³-hybridized carbons (Fsp3) is 0.882. The normalized spacial score (nSPS) is 30.1. The van der Waals surface area contributed by atoms with E-state index in [4.69, 9.17) is 14.6 Å². The number of likely N-dealkylation sites (tertiary alicyclic amines) is 1. The van der Waals surface area contributed by atoms with Crippen LogP contribution in [0.2, 0.25) is 0 Å². The Labute approximate surface area is 142 Å². The zero-order chi connectivity index (χ0) is 17.0. The number of piperidine rings is 1. The standard InChI is InChI=1S/C17H28N2O5/c20-15(21)13-6-5-9-19(11-13)16(22)18-10-14-12-23-17(24-14)7-3-1-2-4-8-17/h13-14H,1-12H2,(H,18,22)(H,20,21). The first-order chi connectivity index (χ1) is 11.6. The predicted octanol–water partition coefficient (Wildman–Crippen LogP) is 1.96. The van der Waals surface area contributed by atoms with Crippen LogP contribution in [0.4, 0.5) is 4.79 Å². The van der Waals surface area contributed by atoms with Crippen LogP contribution >= 0.6 is 0 Å². The van der Waals surface area contributed by atoms with Gasteiger partial charge in [0.1, 0.15) is 6.10 Å². The summed E-state index contributed by atoms with van der Waals surface area (Å²) in [5, 5.41) is 12.0. The molecule has 7 nitrogen and oxygen atoms in total. The number of carboxylic acids is 1. The number of nitrogens with one attached hydrogen (secondary N) is 1. The molecule has 2 aliphatic heterocycles. The number of hydrogen-bond acceptors (Lipinski definition) is 4. The van der Waals surface area contributed by atoms with Gasteiger partial charge in [-0.2, -0.15) is 0 Å². The van der Waals surface area contributed by atoms with Crippen LogP contribution in [0.5, 0.6) is 0 Å². The van der Waals surface area contributed by atoms with Gasteiger partial charge in [-0.15, -0.1) is 0 Å². The van der Waals surface area contributed by atoms with Gasteiger partial charge in [-0.25, -0.2) is 4.79 Å². The minimum atomic E-state index is -0.824. The second-order valence-corrected chi connectivity index (χ2v) is 7.19. The number of aliphatic carboxylic acids is 1. The van der Waals surface area contributed by atoms with E-state index in [1.807, 2.05) is 0 Å².